The van der Waals surface area contributed by atoms with Crippen LogP contribution >= 0.6 is 0 Å². The Balaban J connectivity index is 1.19. The molecule has 3 aliphatic rings. The second-order valence-electron chi connectivity index (χ2n) is 8.50. The standard InChI is InChI=1S/C23H27N3O2/c27-23(25-12-16-1-2-16)19-6-8-22(24-13-19)28-21-7-5-20-15-26(14-17-3-4-17)10-9-18(20)11-21/h5-8,11,13,16-17H,1-4,9-10,12,14-15H2,(H,25,27). The van der Waals surface area contributed by atoms with Crippen LogP contribution in [0.4, 0.5) is 0 Å². The largest absolute Gasteiger partial charge is 0.439 e. The topological polar surface area (TPSA) is 54.5 Å². The number of nitrogens with zero attached hydrogens (tertiary/aromatic N) is 2. The van der Waals surface area contributed by atoms with Gasteiger partial charge in [-0.3, -0.25) is 9.69 Å². The van der Waals surface area contributed by atoms with E-state index in [-0.39, 0.29) is 5.91 Å². The molecule has 1 aromatic heterocycles. The molecular weight excluding hydrogens is 350 g/mol. The van der Waals surface area contributed by atoms with Gasteiger partial charge in [0.05, 0.1) is 5.56 Å². The number of aromatic nitrogens is 1. The molecule has 2 fully saturated rings. The van der Waals surface area contributed by atoms with Crippen molar-refractivity contribution in [1.82, 2.24) is 15.2 Å². The summed E-state index contributed by atoms with van der Waals surface area (Å²) in [4.78, 5) is 19.0. The van der Waals surface area contributed by atoms with E-state index in [4.69, 9.17) is 4.74 Å². The highest BCUT2D eigenvalue weighted by Gasteiger charge is 2.26. The molecule has 0 radical (unpaired) electrons. The highest BCUT2D eigenvalue weighted by Crippen LogP contribution is 2.32. The third-order valence-electron chi connectivity index (χ3n) is 5.95. The van der Waals surface area contributed by atoms with Crippen LogP contribution in [0.15, 0.2) is 36.5 Å². The van der Waals surface area contributed by atoms with Gasteiger partial charge in [0, 0.05) is 38.4 Å². The number of ether oxygens (including phenoxy) is 1. The first kappa shape index (κ1) is 17.7. The minimum Gasteiger partial charge on any atom is -0.439 e. The number of benzene rings is 1. The molecule has 28 heavy (non-hydrogen) atoms. The van der Waals surface area contributed by atoms with Crippen LogP contribution in [0, 0.1) is 11.8 Å². The molecule has 1 N–H and O–H groups in total. The first-order valence-electron chi connectivity index (χ1n) is 10.5. The minimum absolute atomic E-state index is 0.0597. The van der Waals surface area contributed by atoms with Gasteiger partial charge in [0.1, 0.15) is 5.75 Å². The van der Waals surface area contributed by atoms with Gasteiger partial charge in [-0.15, -0.1) is 0 Å². The summed E-state index contributed by atoms with van der Waals surface area (Å²) in [5, 5.41) is 2.96. The van der Waals surface area contributed by atoms with Crippen molar-refractivity contribution in [3.8, 4) is 11.6 Å². The Labute approximate surface area is 166 Å². The number of carbonyl (C=O) groups excluding carboxylic acids is 1. The highest BCUT2D eigenvalue weighted by atomic mass is 16.5. The van der Waals surface area contributed by atoms with Gasteiger partial charge in [-0.05, 0) is 73.3 Å². The summed E-state index contributed by atoms with van der Waals surface area (Å²) in [5.74, 6) is 2.88. The molecule has 2 saturated carbocycles. The van der Waals surface area contributed by atoms with Gasteiger partial charge in [0.25, 0.3) is 5.91 Å². The van der Waals surface area contributed by atoms with Gasteiger partial charge >= 0.3 is 0 Å². The summed E-state index contributed by atoms with van der Waals surface area (Å²) in [6.45, 7) is 4.21. The summed E-state index contributed by atoms with van der Waals surface area (Å²) in [5.41, 5.74) is 3.37. The van der Waals surface area contributed by atoms with Crippen molar-refractivity contribution >= 4 is 5.91 Å². The summed E-state index contributed by atoms with van der Waals surface area (Å²) in [7, 11) is 0. The molecule has 1 aromatic carbocycles. The third kappa shape index (κ3) is 4.36. The molecule has 0 bridgehead atoms. The van der Waals surface area contributed by atoms with E-state index in [1.807, 2.05) is 6.07 Å². The van der Waals surface area contributed by atoms with E-state index in [0.717, 1.165) is 37.7 Å². The predicted molar refractivity (Wildman–Crippen MR) is 108 cm³/mol. The highest BCUT2D eigenvalue weighted by molar-refractivity contribution is 5.93. The first-order chi connectivity index (χ1) is 13.7. The number of hydrogen-bond donors (Lipinski definition) is 1. The zero-order chi connectivity index (χ0) is 18.9. The zero-order valence-corrected chi connectivity index (χ0v) is 16.2. The molecule has 2 aromatic rings. The normalized spacial score (nSPS) is 19.1. The van der Waals surface area contributed by atoms with Crippen LogP contribution < -0.4 is 10.1 Å². The maximum absolute atomic E-state index is 12.1. The van der Waals surface area contributed by atoms with Crippen molar-refractivity contribution in [2.75, 3.05) is 19.6 Å². The van der Waals surface area contributed by atoms with Gasteiger partial charge < -0.3 is 10.1 Å². The first-order valence-corrected chi connectivity index (χ1v) is 10.5. The van der Waals surface area contributed by atoms with E-state index < -0.39 is 0 Å². The minimum atomic E-state index is -0.0597. The molecule has 2 aliphatic carbocycles. The van der Waals surface area contributed by atoms with Crippen LogP contribution in [0.1, 0.15) is 47.2 Å². The Morgan fingerprint density at radius 3 is 2.71 bits per heavy atom. The molecule has 0 atom stereocenters. The molecule has 0 unspecified atom stereocenters. The fraction of sp³-hybridized carbons (Fsp3) is 0.478. The van der Waals surface area contributed by atoms with Crippen LogP contribution in [0.5, 0.6) is 11.6 Å². The fourth-order valence-corrected chi connectivity index (χ4v) is 3.83. The third-order valence-corrected chi connectivity index (χ3v) is 5.95. The van der Waals surface area contributed by atoms with Gasteiger partial charge in [-0.25, -0.2) is 4.98 Å². The number of hydrogen-bond acceptors (Lipinski definition) is 4. The van der Waals surface area contributed by atoms with Gasteiger partial charge in [0.2, 0.25) is 5.88 Å². The smallest absolute Gasteiger partial charge is 0.252 e. The Bertz CT molecular complexity index is 857. The Morgan fingerprint density at radius 2 is 1.96 bits per heavy atom. The molecule has 5 heteroatoms. The fourth-order valence-electron chi connectivity index (χ4n) is 3.83. The Hall–Kier alpha value is -2.40. The molecular formula is C23H27N3O2. The number of fused-ring (bicyclic) bond motifs is 1. The molecule has 5 nitrogen and oxygen atoms in total. The summed E-state index contributed by atoms with van der Waals surface area (Å²) in [6, 6.07) is 9.89. The lowest BCUT2D eigenvalue weighted by Gasteiger charge is -2.29. The average molecular weight is 377 g/mol. The monoisotopic (exact) mass is 377 g/mol. The van der Waals surface area contributed by atoms with Crippen molar-refractivity contribution < 1.29 is 9.53 Å². The number of nitrogens with one attached hydrogen (secondary N) is 1. The van der Waals surface area contributed by atoms with Gasteiger partial charge in [-0.1, -0.05) is 6.07 Å². The number of carbonyl (C=O) groups is 1. The number of amides is 1. The quantitative estimate of drug-likeness (QED) is 0.798. The SMILES string of the molecule is O=C(NCC1CC1)c1ccc(Oc2ccc3c(c2)CCN(CC2CC2)C3)nc1. The van der Waals surface area contributed by atoms with E-state index in [2.05, 4.69) is 27.3 Å². The van der Waals surface area contributed by atoms with Gasteiger partial charge in [0.15, 0.2) is 0 Å². The van der Waals surface area contributed by atoms with E-state index >= 15 is 0 Å². The van der Waals surface area contributed by atoms with E-state index in [9.17, 15) is 4.79 Å². The van der Waals surface area contributed by atoms with E-state index in [1.54, 1.807) is 18.3 Å². The van der Waals surface area contributed by atoms with Crippen molar-refractivity contribution in [2.45, 2.75) is 38.6 Å². The van der Waals surface area contributed by atoms with Crippen molar-refractivity contribution in [3.63, 3.8) is 0 Å². The lowest BCUT2D eigenvalue weighted by molar-refractivity contribution is 0.0951. The molecule has 0 spiro atoms. The maximum atomic E-state index is 12.1. The molecule has 0 saturated heterocycles. The number of pyridine rings is 1. The average Bonchev–Trinajstić information content (AvgIpc) is 3.63. The summed E-state index contributed by atoms with van der Waals surface area (Å²) in [6.07, 6.45) is 7.93. The summed E-state index contributed by atoms with van der Waals surface area (Å²) < 4.78 is 5.93. The maximum Gasteiger partial charge on any atom is 0.252 e. The molecule has 146 valence electrons. The second kappa shape index (κ2) is 7.55. The van der Waals surface area contributed by atoms with Crippen LogP contribution in [0.2, 0.25) is 0 Å². The Kier molecular flexibility index (Phi) is 4.77. The van der Waals surface area contributed by atoms with Crippen LogP contribution in [-0.4, -0.2) is 35.4 Å². The molecule has 5 rings (SSSR count). The Morgan fingerprint density at radius 1 is 1.11 bits per heavy atom. The lowest BCUT2D eigenvalue weighted by atomic mass is 9.99. The van der Waals surface area contributed by atoms with Gasteiger partial charge in [-0.2, -0.15) is 0 Å². The lowest BCUT2D eigenvalue weighted by Crippen LogP contribution is -2.32. The van der Waals surface area contributed by atoms with Crippen molar-refractivity contribution in [3.05, 3.63) is 53.2 Å². The number of rotatable bonds is 7. The van der Waals surface area contributed by atoms with E-state index in [1.165, 1.54) is 43.4 Å². The predicted octanol–water partition coefficient (Wildman–Crippen LogP) is 3.78. The molecule has 1 amide bonds. The second-order valence-corrected chi connectivity index (χ2v) is 8.50. The van der Waals surface area contributed by atoms with Crippen molar-refractivity contribution in [1.29, 1.82) is 0 Å². The van der Waals surface area contributed by atoms with Crippen LogP contribution in [-0.2, 0) is 13.0 Å². The molecule has 2 heterocycles. The van der Waals surface area contributed by atoms with Crippen molar-refractivity contribution in [2.24, 2.45) is 11.8 Å². The van der Waals surface area contributed by atoms with E-state index in [0.29, 0.717) is 17.4 Å². The summed E-state index contributed by atoms with van der Waals surface area (Å²) >= 11 is 0. The van der Waals surface area contributed by atoms with Crippen LogP contribution in [0.25, 0.3) is 0 Å². The van der Waals surface area contributed by atoms with Crippen LogP contribution in [0.3, 0.4) is 0 Å². The molecule has 1 aliphatic heterocycles. The zero-order valence-electron chi connectivity index (χ0n) is 16.2.